The number of carbonyl (C=O) groups excluding carboxylic acids is 1. The molecular formula is C22H26Cl3N3O. The summed E-state index contributed by atoms with van der Waals surface area (Å²) in [6, 6.07) is 12.9. The molecule has 1 aliphatic rings. The summed E-state index contributed by atoms with van der Waals surface area (Å²) >= 11 is 18.6. The van der Waals surface area contributed by atoms with Gasteiger partial charge in [-0.1, -0.05) is 59.1 Å². The van der Waals surface area contributed by atoms with E-state index in [9.17, 15) is 4.79 Å². The number of rotatable bonds is 5. The molecule has 0 spiro atoms. The molecule has 0 bridgehead atoms. The van der Waals surface area contributed by atoms with E-state index < -0.39 is 0 Å². The Kier molecular flexibility index (Phi) is 7.69. The molecule has 7 heteroatoms. The van der Waals surface area contributed by atoms with Gasteiger partial charge in [-0.25, -0.2) is 4.79 Å². The Morgan fingerprint density at radius 2 is 1.86 bits per heavy atom. The van der Waals surface area contributed by atoms with Gasteiger partial charge < -0.3 is 15.1 Å². The molecule has 2 amide bonds. The van der Waals surface area contributed by atoms with E-state index in [1.165, 1.54) is 0 Å². The summed E-state index contributed by atoms with van der Waals surface area (Å²) in [5, 5.41) is 4.73. The molecule has 0 aromatic heterocycles. The topological polar surface area (TPSA) is 35.6 Å². The Morgan fingerprint density at radius 1 is 1.17 bits per heavy atom. The van der Waals surface area contributed by atoms with Gasteiger partial charge in [0.1, 0.15) is 0 Å². The zero-order valence-corrected chi connectivity index (χ0v) is 18.9. The summed E-state index contributed by atoms with van der Waals surface area (Å²) in [7, 11) is 2.11. The monoisotopic (exact) mass is 453 g/mol. The van der Waals surface area contributed by atoms with E-state index in [1.807, 2.05) is 48.2 Å². The highest BCUT2D eigenvalue weighted by atomic mass is 35.5. The first-order chi connectivity index (χ1) is 13.8. The van der Waals surface area contributed by atoms with E-state index in [4.69, 9.17) is 34.8 Å². The highest BCUT2D eigenvalue weighted by molar-refractivity contribution is 6.42. The van der Waals surface area contributed by atoms with E-state index in [1.54, 1.807) is 6.07 Å². The standard InChI is InChI=1S/C22H26Cl3N3O/c1-15(19-7-4-8-20(24)21(19)25)26-22(29)28(18-9-11-27(2)12-10-18)14-16-5-3-6-17(23)13-16/h3-8,13,15,18H,9-12,14H2,1-2H3,(H,26,29). The number of hydrogen-bond donors (Lipinski definition) is 1. The predicted molar refractivity (Wildman–Crippen MR) is 121 cm³/mol. The molecule has 29 heavy (non-hydrogen) atoms. The maximum atomic E-state index is 13.3. The number of likely N-dealkylation sites (tertiary alicyclic amines) is 1. The van der Waals surface area contributed by atoms with Crippen molar-refractivity contribution in [2.24, 2.45) is 0 Å². The summed E-state index contributed by atoms with van der Waals surface area (Å²) < 4.78 is 0. The zero-order valence-electron chi connectivity index (χ0n) is 16.7. The van der Waals surface area contributed by atoms with Gasteiger partial charge in [-0.05, 0) is 69.2 Å². The van der Waals surface area contributed by atoms with Gasteiger partial charge in [0.15, 0.2) is 0 Å². The van der Waals surface area contributed by atoms with Crippen LogP contribution < -0.4 is 5.32 Å². The van der Waals surface area contributed by atoms with Gasteiger partial charge in [-0.3, -0.25) is 0 Å². The van der Waals surface area contributed by atoms with Crippen molar-refractivity contribution in [1.29, 1.82) is 0 Å². The van der Waals surface area contributed by atoms with Crippen LogP contribution in [0.25, 0.3) is 0 Å². The maximum absolute atomic E-state index is 13.3. The first-order valence-electron chi connectivity index (χ1n) is 9.79. The van der Waals surface area contributed by atoms with Crippen LogP contribution >= 0.6 is 34.8 Å². The Bertz CT molecular complexity index is 853. The van der Waals surface area contributed by atoms with E-state index in [0.717, 1.165) is 37.1 Å². The van der Waals surface area contributed by atoms with Crippen molar-refractivity contribution in [2.75, 3.05) is 20.1 Å². The second kappa shape index (κ2) is 10.0. The van der Waals surface area contributed by atoms with Crippen LogP contribution in [0.2, 0.25) is 15.1 Å². The number of halogens is 3. The summed E-state index contributed by atoms with van der Waals surface area (Å²) in [5.74, 6) is 0. The lowest BCUT2D eigenvalue weighted by molar-refractivity contribution is 0.125. The second-order valence-electron chi connectivity index (χ2n) is 7.61. The fourth-order valence-electron chi connectivity index (χ4n) is 3.71. The minimum absolute atomic E-state index is 0.108. The third-order valence-corrected chi connectivity index (χ3v) is 6.49. The molecule has 1 atom stereocenters. The molecule has 3 rings (SSSR count). The Hall–Kier alpha value is -1.46. The van der Waals surface area contributed by atoms with Crippen LogP contribution in [-0.4, -0.2) is 42.0 Å². The highest BCUT2D eigenvalue weighted by Gasteiger charge is 2.28. The molecular weight excluding hydrogens is 429 g/mol. The van der Waals surface area contributed by atoms with Crippen molar-refractivity contribution < 1.29 is 4.79 Å². The number of benzene rings is 2. The molecule has 1 heterocycles. The van der Waals surface area contributed by atoms with Crippen molar-refractivity contribution in [3.8, 4) is 0 Å². The second-order valence-corrected chi connectivity index (χ2v) is 8.83. The molecule has 0 aliphatic carbocycles. The lowest BCUT2D eigenvalue weighted by Gasteiger charge is -2.38. The molecule has 1 fully saturated rings. The smallest absolute Gasteiger partial charge is 0.318 e. The van der Waals surface area contributed by atoms with E-state index >= 15 is 0 Å². The van der Waals surface area contributed by atoms with Crippen LogP contribution in [0.3, 0.4) is 0 Å². The molecule has 1 saturated heterocycles. The van der Waals surface area contributed by atoms with E-state index in [0.29, 0.717) is 21.6 Å². The average Bonchev–Trinajstić information content (AvgIpc) is 2.69. The molecule has 4 nitrogen and oxygen atoms in total. The number of carbonyl (C=O) groups is 1. The van der Waals surface area contributed by atoms with Crippen LogP contribution in [-0.2, 0) is 6.54 Å². The zero-order chi connectivity index (χ0) is 21.0. The van der Waals surface area contributed by atoms with Gasteiger partial charge in [0.2, 0.25) is 0 Å². The van der Waals surface area contributed by atoms with Crippen LogP contribution in [0.1, 0.15) is 36.9 Å². The molecule has 0 radical (unpaired) electrons. The van der Waals surface area contributed by atoms with Gasteiger partial charge in [-0.2, -0.15) is 0 Å². The largest absolute Gasteiger partial charge is 0.331 e. The number of nitrogens with one attached hydrogen (secondary N) is 1. The number of hydrogen-bond acceptors (Lipinski definition) is 2. The molecule has 0 saturated carbocycles. The van der Waals surface area contributed by atoms with Crippen molar-refractivity contribution in [2.45, 2.75) is 38.4 Å². The van der Waals surface area contributed by atoms with Crippen molar-refractivity contribution in [1.82, 2.24) is 15.1 Å². The Morgan fingerprint density at radius 3 is 2.55 bits per heavy atom. The maximum Gasteiger partial charge on any atom is 0.318 e. The third kappa shape index (κ3) is 5.79. The Balaban J connectivity index is 1.78. The molecule has 2 aromatic carbocycles. The predicted octanol–water partition coefficient (Wildman–Crippen LogP) is 6.01. The van der Waals surface area contributed by atoms with Gasteiger partial charge in [-0.15, -0.1) is 0 Å². The quantitative estimate of drug-likeness (QED) is 0.600. The van der Waals surface area contributed by atoms with Crippen LogP contribution in [0.4, 0.5) is 4.79 Å². The van der Waals surface area contributed by atoms with Gasteiger partial charge in [0, 0.05) is 17.6 Å². The highest BCUT2D eigenvalue weighted by Crippen LogP contribution is 2.30. The normalized spacial score (nSPS) is 16.4. The summed E-state index contributed by atoms with van der Waals surface area (Å²) in [5.41, 5.74) is 1.82. The summed E-state index contributed by atoms with van der Waals surface area (Å²) in [6.45, 7) is 4.37. The first-order valence-corrected chi connectivity index (χ1v) is 10.9. The molecule has 2 aromatic rings. The SMILES string of the molecule is CC(NC(=O)N(Cc1cccc(Cl)c1)C1CCN(C)CC1)c1cccc(Cl)c1Cl. The van der Waals surface area contributed by atoms with Crippen LogP contribution in [0, 0.1) is 0 Å². The van der Waals surface area contributed by atoms with Gasteiger partial charge in [0.25, 0.3) is 0 Å². The fourth-order valence-corrected chi connectivity index (χ4v) is 4.39. The summed E-state index contributed by atoms with van der Waals surface area (Å²) in [4.78, 5) is 17.5. The van der Waals surface area contributed by atoms with Crippen molar-refractivity contribution in [3.63, 3.8) is 0 Å². The van der Waals surface area contributed by atoms with Crippen molar-refractivity contribution in [3.05, 3.63) is 68.7 Å². The van der Waals surface area contributed by atoms with Gasteiger partial charge >= 0.3 is 6.03 Å². The van der Waals surface area contributed by atoms with Crippen LogP contribution in [0.5, 0.6) is 0 Å². The number of nitrogens with zero attached hydrogens (tertiary/aromatic N) is 2. The summed E-state index contributed by atoms with van der Waals surface area (Å²) in [6.07, 6.45) is 1.88. The van der Waals surface area contributed by atoms with Crippen molar-refractivity contribution >= 4 is 40.8 Å². The third-order valence-electron chi connectivity index (χ3n) is 5.42. The van der Waals surface area contributed by atoms with E-state index in [-0.39, 0.29) is 18.1 Å². The molecule has 1 aliphatic heterocycles. The Labute approximate surface area is 187 Å². The lowest BCUT2D eigenvalue weighted by Crippen LogP contribution is -2.50. The van der Waals surface area contributed by atoms with Crippen LogP contribution in [0.15, 0.2) is 42.5 Å². The first kappa shape index (κ1) is 22.2. The number of urea groups is 1. The molecule has 1 unspecified atom stereocenters. The molecule has 1 N–H and O–H groups in total. The minimum Gasteiger partial charge on any atom is -0.331 e. The fraction of sp³-hybridized carbons (Fsp3) is 0.409. The van der Waals surface area contributed by atoms with E-state index in [2.05, 4.69) is 17.3 Å². The lowest BCUT2D eigenvalue weighted by atomic mass is 10.0. The average molecular weight is 455 g/mol. The number of piperidine rings is 1. The number of amides is 2. The van der Waals surface area contributed by atoms with Gasteiger partial charge in [0.05, 0.1) is 16.1 Å². The molecule has 156 valence electrons. The minimum atomic E-state index is -0.262.